The predicted octanol–water partition coefficient (Wildman–Crippen LogP) is 1.23. The van der Waals surface area contributed by atoms with Crippen molar-refractivity contribution in [3.05, 3.63) is 18.3 Å². The molecule has 1 saturated heterocycles. The first-order valence-corrected chi connectivity index (χ1v) is 8.79. The van der Waals surface area contributed by atoms with Gasteiger partial charge in [-0.3, -0.25) is 0 Å². The van der Waals surface area contributed by atoms with Crippen molar-refractivity contribution >= 4 is 15.8 Å². The van der Waals surface area contributed by atoms with Gasteiger partial charge < -0.3 is 10.2 Å². The summed E-state index contributed by atoms with van der Waals surface area (Å²) in [5.74, 6) is 0.611. The molecule has 0 saturated carbocycles. The van der Waals surface area contributed by atoms with Crippen LogP contribution in [0.4, 0.5) is 5.82 Å². The number of pyridine rings is 1. The average Bonchev–Trinajstić information content (AvgIpc) is 2.45. The van der Waals surface area contributed by atoms with E-state index in [0.29, 0.717) is 17.3 Å². The zero-order chi connectivity index (χ0) is 15.5. The van der Waals surface area contributed by atoms with Gasteiger partial charge >= 0.3 is 0 Å². The maximum absolute atomic E-state index is 12.8. The van der Waals surface area contributed by atoms with Gasteiger partial charge in [-0.2, -0.15) is 4.31 Å². The van der Waals surface area contributed by atoms with Gasteiger partial charge in [-0.1, -0.05) is 6.92 Å². The number of anilines is 1. The van der Waals surface area contributed by atoms with E-state index in [4.69, 9.17) is 0 Å². The minimum atomic E-state index is -3.46. The third-order valence-corrected chi connectivity index (χ3v) is 5.67. The number of piperazine rings is 1. The summed E-state index contributed by atoms with van der Waals surface area (Å²) in [5, 5.41) is 3.13. The summed E-state index contributed by atoms with van der Waals surface area (Å²) in [7, 11) is -1.44. The molecule has 1 fully saturated rings. The number of hydrogen-bond acceptors (Lipinski definition) is 5. The molecule has 0 amide bonds. The Hall–Kier alpha value is -1.18. The van der Waals surface area contributed by atoms with Crippen LogP contribution in [-0.2, 0) is 10.0 Å². The van der Waals surface area contributed by atoms with Crippen LogP contribution in [0, 0.1) is 0 Å². The van der Waals surface area contributed by atoms with Crippen LogP contribution in [0.25, 0.3) is 0 Å². The molecule has 1 atom stereocenters. The molecule has 21 heavy (non-hydrogen) atoms. The first kappa shape index (κ1) is 16.2. The van der Waals surface area contributed by atoms with Crippen LogP contribution in [0.5, 0.6) is 0 Å². The van der Waals surface area contributed by atoms with E-state index in [1.54, 1.807) is 22.6 Å². The Kier molecular flexibility index (Phi) is 5.18. The number of sulfonamides is 1. The Labute approximate surface area is 127 Å². The van der Waals surface area contributed by atoms with E-state index in [-0.39, 0.29) is 6.04 Å². The smallest absolute Gasteiger partial charge is 0.243 e. The molecule has 0 aromatic carbocycles. The first-order chi connectivity index (χ1) is 9.95. The summed E-state index contributed by atoms with van der Waals surface area (Å²) >= 11 is 0. The number of hydrogen-bond donors (Lipinski definition) is 1. The van der Waals surface area contributed by atoms with Crippen molar-refractivity contribution in [1.29, 1.82) is 0 Å². The van der Waals surface area contributed by atoms with E-state index >= 15 is 0 Å². The van der Waals surface area contributed by atoms with Gasteiger partial charge in [0.2, 0.25) is 10.0 Å². The van der Waals surface area contributed by atoms with Crippen molar-refractivity contribution in [3.63, 3.8) is 0 Å². The van der Waals surface area contributed by atoms with Gasteiger partial charge in [0.15, 0.2) is 0 Å². The molecule has 7 heteroatoms. The highest BCUT2D eigenvalue weighted by Gasteiger charge is 2.32. The molecule has 2 rings (SSSR count). The van der Waals surface area contributed by atoms with E-state index < -0.39 is 10.0 Å². The quantitative estimate of drug-likeness (QED) is 0.886. The topological polar surface area (TPSA) is 65.5 Å². The molecule has 1 aromatic rings. The van der Waals surface area contributed by atoms with Crippen LogP contribution in [0.1, 0.15) is 20.3 Å². The van der Waals surface area contributed by atoms with Crippen molar-refractivity contribution in [2.45, 2.75) is 31.2 Å². The first-order valence-electron chi connectivity index (χ1n) is 7.35. The Bertz CT molecular complexity index is 576. The summed E-state index contributed by atoms with van der Waals surface area (Å²) in [5.41, 5.74) is 0. The summed E-state index contributed by atoms with van der Waals surface area (Å²) in [6.45, 7) is 6.83. The lowest BCUT2D eigenvalue weighted by Crippen LogP contribution is -2.52. The standard InChI is InChI=1S/C14H24N4O2S/c1-4-6-15-14-10-13(5-7-16-14)21(19,20)18-9-8-17(3)11-12(18)2/h5,7,10,12H,4,6,8-9,11H2,1-3H3,(H,15,16). The number of nitrogens with zero attached hydrogens (tertiary/aromatic N) is 3. The van der Waals surface area contributed by atoms with Crippen LogP contribution in [-0.4, -0.2) is 61.9 Å². The van der Waals surface area contributed by atoms with Crippen LogP contribution >= 0.6 is 0 Å². The highest BCUT2D eigenvalue weighted by molar-refractivity contribution is 7.89. The molecular formula is C14H24N4O2S. The fourth-order valence-corrected chi connectivity index (χ4v) is 4.16. The summed E-state index contributed by atoms with van der Waals surface area (Å²) in [6.07, 6.45) is 2.51. The second-order valence-corrected chi connectivity index (χ2v) is 7.42. The number of rotatable bonds is 5. The van der Waals surface area contributed by atoms with Gasteiger partial charge in [0.1, 0.15) is 5.82 Å². The molecule has 1 unspecified atom stereocenters. The molecule has 0 spiro atoms. The molecule has 1 aliphatic heterocycles. The van der Waals surface area contributed by atoms with E-state index in [9.17, 15) is 8.42 Å². The summed E-state index contributed by atoms with van der Waals surface area (Å²) in [6, 6.07) is 3.17. The Morgan fingerprint density at radius 2 is 2.19 bits per heavy atom. The highest BCUT2D eigenvalue weighted by Crippen LogP contribution is 2.22. The zero-order valence-electron chi connectivity index (χ0n) is 12.9. The fourth-order valence-electron chi connectivity index (χ4n) is 2.54. The second-order valence-electron chi connectivity index (χ2n) is 5.53. The SMILES string of the molecule is CCCNc1cc(S(=O)(=O)N2CCN(C)CC2C)ccn1. The molecular weight excluding hydrogens is 288 g/mol. The predicted molar refractivity (Wildman–Crippen MR) is 83.9 cm³/mol. The van der Waals surface area contributed by atoms with Gasteiger partial charge in [0.25, 0.3) is 0 Å². The minimum Gasteiger partial charge on any atom is -0.370 e. The van der Waals surface area contributed by atoms with Crippen LogP contribution < -0.4 is 5.32 Å². The maximum atomic E-state index is 12.8. The maximum Gasteiger partial charge on any atom is 0.243 e. The van der Waals surface area contributed by atoms with E-state index in [0.717, 1.165) is 26.1 Å². The van der Waals surface area contributed by atoms with Gasteiger partial charge in [0.05, 0.1) is 4.90 Å². The monoisotopic (exact) mass is 312 g/mol. The Balaban J connectivity index is 2.23. The molecule has 0 bridgehead atoms. The van der Waals surface area contributed by atoms with Crippen LogP contribution in [0.3, 0.4) is 0 Å². The number of aromatic nitrogens is 1. The molecule has 1 N–H and O–H groups in total. The van der Waals surface area contributed by atoms with Crippen molar-refractivity contribution in [2.75, 3.05) is 38.5 Å². The van der Waals surface area contributed by atoms with Crippen molar-refractivity contribution in [2.24, 2.45) is 0 Å². The highest BCUT2D eigenvalue weighted by atomic mass is 32.2. The van der Waals surface area contributed by atoms with Gasteiger partial charge in [0, 0.05) is 44.5 Å². The average molecular weight is 312 g/mol. The lowest BCUT2D eigenvalue weighted by atomic mass is 10.2. The normalized spacial score (nSPS) is 21.4. The van der Waals surface area contributed by atoms with Crippen LogP contribution in [0.2, 0.25) is 0 Å². The largest absolute Gasteiger partial charge is 0.370 e. The lowest BCUT2D eigenvalue weighted by Gasteiger charge is -2.37. The van der Waals surface area contributed by atoms with Crippen molar-refractivity contribution in [1.82, 2.24) is 14.2 Å². The minimum absolute atomic E-state index is 0.0195. The molecule has 1 aromatic heterocycles. The number of likely N-dealkylation sites (N-methyl/N-ethyl adjacent to an activating group) is 1. The van der Waals surface area contributed by atoms with Crippen molar-refractivity contribution in [3.8, 4) is 0 Å². The molecule has 1 aliphatic rings. The van der Waals surface area contributed by atoms with Gasteiger partial charge in [-0.25, -0.2) is 13.4 Å². The van der Waals surface area contributed by atoms with E-state index in [1.807, 2.05) is 14.0 Å². The van der Waals surface area contributed by atoms with Gasteiger partial charge in [-0.15, -0.1) is 0 Å². The van der Waals surface area contributed by atoms with Crippen LogP contribution in [0.15, 0.2) is 23.2 Å². The summed E-state index contributed by atoms with van der Waals surface area (Å²) in [4.78, 5) is 6.63. The second kappa shape index (κ2) is 6.72. The summed E-state index contributed by atoms with van der Waals surface area (Å²) < 4.78 is 27.2. The van der Waals surface area contributed by atoms with E-state index in [2.05, 4.69) is 22.1 Å². The third-order valence-electron chi connectivity index (χ3n) is 3.66. The number of nitrogens with one attached hydrogen (secondary N) is 1. The van der Waals surface area contributed by atoms with Gasteiger partial charge in [-0.05, 0) is 26.5 Å². The van der Waals surface area contributed by atoms with E-state index in [1.165, 1.54) is 0 Å². The third kappa shape index (κ3) is 3.72. The lowest BCUT2D eigenvalue weighted by molar-refractivity contribution is 0.170. The Morgan fingerprint density at radius 3 is 2.86 bits per heavy atom. The zero-order valence-corrected chi connectivity index (χ0v) is 13.7. The fraction of sp³-hybridized carbons (Fsp3) is 0.643. The molecule has 0 radical (unpaired) electrons. The van der Waals surface area contributed by atoms with Crippen molar-refractivity contribution < 1.29 is 8.42 Å². The molecule has 118 valence electrons. The molecule has 2 heterocycles. The Morgan fingerprint density at radius 1 is 1.43 bits per heavy atom. The molecule has 6 nitrogen and oxygen atoms in total. The molecule has 0 aliphatic carbocycles.